The first kappa shape index (κ1) is 13.8. The topological polar surface area (TPSA) is 69.0 Å². The second-order valence-corrected chi connectivity index (χ2v) is 5.16. The van der Waals surface area contributed by atoms with Crippen molar-refractivity contribution >= 4 is 5.95 Å². The monoisotopic (exact) mass is 288 g/mol. The van der Waals surface area contributed by atoms with E-state index < -0.39 is 0 Å². The van der Waals surface area contributed by atoms with E-state index in [1.54, 1.807) is 25.7 Å². The van der Waals surface area contributed by atoms with E-state index >= 15 is 0 Å². The van der Waals surface area contributed by atoms with E-state index in [9.17, 15) is 0 Å². The summed E-state index contributed by atoms with van der Waals surface area (Å²) in [4.78, 5) is 11.0. The molecule has 1 unspecified atom stereocenters. The molecule has 0 aliphatic carbocycles. The molecule has 21 heavy (non-hydrogen) atoms. The SMILES string of the molecule is CCn1cnnc1C1CCCN(c2nccc(OC)n2)C1. The molecule has 1 fully saturated rings. The zero-order valence-electron chi connectivity index (χ0n) is 12.4. The Kier molecular flexibility index (Phi) is 3.98. The largest absolute Gasteiger partial charge is 0.481 e. The van der Waals surface area contributed by atoms with E-state index in [-0.39, 0.29) is 0 Å². The summed E-state index contributed by atoms with van der Waals surface area (Å²) in [5, 5.41) is 8.33. The van der Waals surface area contributed by atoms with Crippen LogP contribution in [0.2, 0.25) is 0 Å². The van der Waals surface area contributed by atoms with Gasteiger partial charge < -0.3 is 14.2 Å². The van der Waals surface area contributed by atoms with Gasteiger partial charge in [0, 0.05) is 37.8 Å². The predicted octanol–water partition coefficient (Wildman–Crippen LogP) is 1.48. The third-order valence-corrected chi connectivity index (χ3v) is 3.88. The van der Waals surface area contributed by atoms with E-state index in [0.29, 0.717) is 11.8 Å². The highest BCUT2D eigenvalue weighted by Crippen LogP contribution is 2.27. The highest BCUT2D eigenvalue weighted by atomic mass is 16.5. The molecule has 112 valence electrons. The molecular weight excluding hydrogens is 268 g/mol. The van der Waals surface area contributed by atoms with Crippen molar-refractivity contribution in [2.75, 3.05) is 25.1 Å². The van der Waals surface area contributed by atoms with Gasteiger partial charge in [0.25, 0.3) is 0 Å². The van der Waals surface area contributed by atoms with Crippen LogP contribution in [-0.4, -0.2) is 44.9 Å². The number of aryl methyl sites for hydroxylation is 1. The Morgan fingerprint density at radius 2 is 2.33 bits per heavy atom. The number of methoxy groups -OCH3 is 1. The molecule has 0 N–H and O–H groups in total. The Bertz CT molecular complexity index is 599. The average molecular weight is 288 g/mol. The van der Waals surface area contributed by atoms with Gasteiger partial charge in [0.1, 0.15) is 12.2 Å². The highest BCUT2D eigenvalue weighted by molar-refractivity contribution is 5.33. The van der Waals surface area contributed by atoms with Gasteiger partial charge in [-0.25, -0.2) is 4.98 Å². The smallest absolute Gasteiger partial charge is 0.228 e. The van der Waals surface area contributed by atoms with Crippen molar-refractivity contribution in [1.29, 1.82) is 0 Å². The van der Waals surface area contributed by atoms with Crippen molar-refractivity contribution in [3.05, 3.63) is 24.4 Å². The predicted molar refractivity (Wildman–Crippen MR) is 78.5 cm³/mol. The van der Waals surface area contributed by atoms with Crippen LogP contribution in [0.3, 0.4) is 0 Å². The number of aromatic nitrogens is 5. The van der Waals surface area contributed by atoms with Gasteiger partial charge in [-0.3, -0.25) is 0 Å². The van der Waals surface area contributed by atoms with Crippen LogP contribution >= 0.6 is 0 Å². The molecule has 1 saturated heterocycles. The zero-order valence-corrected chi connectivity index (χ0v) is 12.4. The van der Waals surface area contributed by atoms with Crippen LogP contribution in [0.5, 0.6) is 5.88 Å². The molecule has 0 aromatic carbocycles. The number of piperidine rings is 1. The Balaban J connectivity index is 1.79. The quantitative estimate of drug-likeness (QED) is 0.849. The van der Waals surface area contributed by atoms with Gasteiger partial charge in [0.05, 0.1) is 7.11 Å². The minimum Gasteiger partial charge on any atom is -0.481 e. The molecule has 2 aromatic rings. The molecular formula is C14H20N6O. The molecule has 0 bridgehead atoms. The first-order valence-corrected chi connectivity index (χ1v) is 7.31. The average Bonchev–Trinajstić information content (AvgIpc) is 3.03. The minimum absolute atomic E-state index is 0.371. The summed E-state index contributed by atoms with van der Waals surface area (Å²) in [6.45, 7) is 4.84. The van der Waals surface area contributed by atoms with Crippen LogP contribution in [0.1, 0.15) is 31.5 Å². The summed E-state index contributed by atoms with van der Waals surface area (Å²) >= 11 is 0. The van der Waals surface area contributed by atoms with Crippen molar-refractivity contribution in [2.45, 2.75) is 32.2 Å². The molecule has 0 spiro atoms. The first-order chi connectivity index (χ1) is 10.3. The number of nitrogens with zero attached hydrogens (tertiary/aromatic N) is 6. The molecule has 0 saturated carbocycles. The fraction of sp³-hybridized carbons (Fsp3) is 0.571. The normalized spacial score (nSPS) is 18.8. The summed E-state index contributed by atoms with van der Waals surface area (Å²) in [5.74, 6) is 2.75. The Hall–Kier alpha value is -2.18. The van der Waals surface area contributed by atoms with Crippen LogP contribution in [-0.2, 0) is 6.54 Å². The zero-order chi connectivity index (χ0) is 14.7. The van der Waals surface area contributed by atoms with Crippen molar-refractivity contribution in [3.8, 4) is 5.88 Å². The fourth-order valence-corrected chi connectivity index (χ4v) is 2.79. The van der Waals surface area contributed by atoms with E-state index in [2.05, 4.69) is 36.6 Å². The first-order valence-electron chi connectivity index (χ1n) is 7.31. The molecule has 2 aromatic heterocycles. The van der Waals surface area contributed by atoms with E-state index in [1.807, 2.05) is 0 Å². The van der Waals surface area contributed by atoms with Gasteiger partial charge in [0.15, 0.2) is 0 Å². The summed E-state index contributed by atoms with van der Waals surface area (Å²) in [6, 6.07) is 1.76. The van der Waals surface area contributed by atoms with Crippen LogP contribution in [0, 0.1) is 0 Å². The Morgan fingerprint density at radius 1 is 1.43 bits per heavy atom. The lowest BCUT2D eigenvalue weighted by molar-refractivity contribution is 0.395. The van der Waals surface area contributed by atoms with Crippen LogP contribution < -0.4 is 9.64 Å². The molecule has 7 nitrogen and oxygen atoms in total. The van der Waals surface area contributed by atoms with Crippen molar-refractivity contribution in [2.24, 2.45) is 0 Å². The molecule has 1 aliphatic rings. The molecule has 7 heteroatoms. The summed E-state index contributed by atoms with van der Waals surface area (Å²) < 4.78 is 7.29. The molecule has 0 radical (unpaired) electrons. The summed E-state index contributed by atoms with van der Waals surface area (Å²) in [6.07, 6.45) is 5.76. The second-order valence-electron chi connectivity index (χ2n) is 5.16. The number of ether oxygens (including phenoxy) is 1. The fourth-order valence-electron chi connectivity index (χ4n) is 2.79. The van der Waals surface area contributed by atoms with Crippen molar-refractivity contribution < 1.29 is 4.74 Å². The molecule has 0 amide bonds. The van der Waals surface area contributed by atoms with Gasteiger partial charge in [0.2, 0.25) is 11.8 Å². The van der Waals surface area contributed by atoms with Crippen LogP contribution in [0.15, 0.2) is 18.6 Å². The minimum atomic E-state index is 0.371. The maximum Gasteiger partial charge on any atom is 0.228 e. The van der Waals surface area contributed by atoms with E-state index in [0.717, 1.165) is 44.2 Å². The van der Waals surface area contributed by atoms with Gasteiger partial charge in [-0.15, -0.1) is 10.2 Å². The van der Waals surface area contributed by atoms with Crippen molar-refractivity contribution in [1.82, 2.24) is 24.7 Å². The Labute approximate surface area is 124 Å². The maximum absolute atomic E-state index is 5.18. The molecule has 3 rings (SSSR count). The standard InChI is InChI=1S/C14H20N6O/c1-3-19-10-16-18-13(19)11-5-4-8-20(9-11)14-15-7-6-12(17-14)21-2/h6-7,10-11H,3-5,8-9H2,1-2H3. The van der Waals surface area contributed by atoms with Crippen molar-refractivity contribution in [3.63, 3.8) is 0 Å². The third kappa shape index (κ3) is 2.81. The molecule has 1 aliphatic heterocycles. The number of rotatable bonds is 4. The maximum atomic E-state index is 5.18. The molecule has 1 atom stereocenters. The Morgan fingerprint density at radius 3 is 3.14 bits per heavy atom. The van der Waals surface area contributed by atoms with Gasteiger partial charge >= 0.3 is 0 Å². The molecule has 3 heterocycles. The second kappa shape index (κ2) is 6.07. The highest BCUT2D eigenvalue weighted by Gasteiger charge is 2.26. The van der Waals surface area contributed by atoms with E-state index in [4.69, 9.17) is 4.74 Å². The summed E-state index contributed by atoms with van der Waals surface area (Å²) in [5.41, 5.74) is 0. The van der Waals surface area contributed by atoms with Crippen LogP contribution in [0.4, 0.5) is 5.95 Å². The lowest BCUT2D eigenvalue weighted by Gasteiger charge is -2.32. The lowest BCUT2D eigenvalue weighted by atomic mass is 9.97. The lowest BCUT2D eigenvalue weighted by Crippen LogP contribution is -2.36. The number of hydrogen-bond donors (Lipinski definition) is 0. The van der Waals surface area contributed by atoms with Crippen LogP contribution in [0.25, 0.3) is 0 Å². The van der Waals surface area contributed by atoms with Gasteiger partial charge in [-0.05, 0) is 19.8 Å². The van der Waals surface area contributed by atoms with Gasteiger partial charge in [-0.1, -0.05) is 0 Å². The third-order valence-electron chi connectivity index (χ3n) is 3.88. The van der Waals surface area contributed by atoms with E-state index in [1.165, 1.54) is 0 Å². The number of anilines is 1. The van der Waals surface area contributed by atoms with Gasteiger partial charge in [-0.2, -0.15) is 4.98 Å². The number of hydrogen-bond acceptors (Lipinski definition) is 6. The summed E-state index contributed by atoms with van der Waals surface area (Å²) in [7, 11) is 1.62.